The highest BCUT2D eigenvalue weighted by atomic mass is 16.7. The average Bonchev–Trinajstić information content (AvgIpc) is 2.28. The van der Waals surface area contributed by atoms with E-state index in [0.29, 0.717) is 0 Å². The number of rotatable bonds is 4. The fraction of sp³-hybridized carbons (Fsp3) is 0.778. The first-order valence-corrected chi connectivity index (χ1v) is 4.32. The Balaban J connectivity index is 2.59. The smallest absolute Gasteiger partial charge is 0.163 e. The van der Waals surface area contributed by atoms with Crippen LogP contribution >= 0.6 is 0 Å². The summed E-state index contributed by atoms with van der Waals surface area (Å²) in [6.45, 7) is 3.55. The number of ether oxygens (including phenoxy) is 2. The van der Waals surface area contributed by atoms with E-state index in [-0.39, 0.29) is 25.0 Å². The van der Waals surface area contributed by atoms with Crippen molar-refractivity contribution >= 4 is 12.6 Å². The molecular formula is C9H14O4. The van der Waals surface area contributed by atoms with Crippen LogP contribution in [0.2, 0.25) is 0 Å². The third-order valence-electron chi connectivity index (χ3n) is 1.94. The number of carbonyl (C=O) groups is 2. The van der Waals surface area contributed by atoms with E-state index < -0.39 is 5.79 Å². The van der Waals surface area contributed by atoms with Crippen LogP contribution in [0.1, 0.15) is 26.7 Å². The van der Waals surface area contributed by atoms with Gasteiger partial charge in [-0.05, 0) is 13.8 Å². The van der Waals surface area contributed by atoms with Crippen molar-refractivity contribution in [2.75, 3.05) is 0 Å². The lowest BCUT2D eigenvalue weighted by Crippen LogP contribution is -2.23. The number of carbonyl (C=O) groups excluding carboxylic acids is 2. The SMILES string of the molecule is CC1(C)OC(CC=O)C(CC=O)O1. The van der Waals surface area contributed by atoms with Crippen LogP contribution in [-0.4, -0.2) is 30.6 Å². The van der Waals surface area contributed by atoms with Crippen LogP contribution in [0, 0.1) is 0 Å². The molecule has 1 rings (SSSR count). The minimum Gasteiger partial charge on any atom is -0.344 e. The Morgan fingerprint density at radius 1 is 1.08 bits per heavy atom. The van der Waals surface area contributed by atoms with Crippen LogP contribution in [0.15, 0.2) is 0 Å². The Hall–Kier alpha value is -0.740. The first-order valence-electron chi connectivity index (χ1n) is 4.32. The van der Waals surface area contributed by atoms with E-state index in [4.69, 9.17) is 9.47 Å². The van der Waals surface area contributed by atoms with E-state index in [1.54, 1.807) is 13.8 Å². The van der Waals surface area contributed by atoms with Crippen molar-refractivity contribution in [1.82, 2.24) is 0 Å². The second-order valence-corrected chi connectivity index (χ2v) is 3.52. The van der Waals surface area contributed by atoms with Crippen LogP contribution in [0.25, 0.3) is 0 Å². The van der Waals surface area contributed by atoms with Crippen molar-refractivity contribution in [3.63, 3.8) is 0 Å². The number of hydrogen-bond donors (Lipinski definition) is 0. The van der Waals surface area contributed by atoms with Gasteiger partial charge < -0.3 is 19.1 Å². The van der Waals surface area contributed by atoms with Gasteiger partial charge in [-0.2, -0.15) is 0 Å². The maximum Gasteiger partial charge on any atom is 0.163 e. The Bertz CT molecular complexity index is 180. The summed E-state index contributed by atoms with van der Waals surface area (Å²) in [6, 6.07) is 0. The molecule has 0 bridgehead atoms. The van der Waals surface area contributed by atoms with Gasteiger partial charge in [-0.15, -0.1) is 0 Å². The zero-order valence-corrected chi connectivity index (χ0v) is 7.86. The largest absolute Gasteiger partial charge is 0.344 e. The first kappa shape index (κ1) is 10.3. The second kappa shape index (κ2) is 3.98. The van der Waals surface area contributed by atoms with E-state index in [1.165, 1.54) is 0 Å². The molecule has 1 saturated heterocycles. The van der Waals surface area contributed by atoms with Gasteiger partial charge >= 0.3 is 0 Å². The third kappa shape index (κ3) is 2.60. The minimum absolute atomic E-state index is 0.280. The van der Waals surface area contributed by atoms with Gasteiger partial charge in [-0.3, -0.25) is 0 Å². The highest BCUT2D eigenvalue weighted by molar-refractivity contribution is 5.53. The molecular weight excluding hydrogens is 172 g/mol. The summed E-state index contributed by atoms with van der Waals surface area (Å²) < 4.78 is 10.9. The molecule has 4 nitrogen and oxygen atoms in total. The van der Waals surface area contributed by atoms with E-state index in [1.807, 2.05) is 0 Å². The predicted octanol–water partition coefficient (Wildman–Crippen LogP) is 0.684. The van der Waals surface area contributed by atoms with Gasteiger partial charge in [0.15, 0.2) is 5.79 Å². The molecule has 2 atom stereocenters. The maximum absolute atomic E-state index is 10.3. The normalized spacial score (nSPS) is 31.5. The summed E-state index contributed by atoms with van der Waals surface area (Å²) in [7, 11) is 0. The summed E-state index contributed by atoms with van der Waals surface area (Å²) in [4.78, 5) is 20.6. The van der Waals surface area contributed by atoms with Crippen LogP contribution in [0.5, 0.6) is 0 Å². The van der Waals surface area contributed by atoms with Gasteiger partial charge in [0.2, 0.25) is 0 Å². The van der Waals surface area contributed by atoms with Crippen LogP contribution in [0.3, 0.4) is 0 Å². The molecule has 0 aromatic rings. The molecule has 74 valence electrons. The van der Waals surface area contributed by atoms with E-state index >= 15 is 0 Å². The third-order valence-corrected chi connectivity index (χ3v) is 1.94. The van der Waals surface area contributed by atoms with Crippen molar-refractivity contribution in [3.8, 4) is 0 Å². The average molecular weight is 186 g/mol. The molecule has 0 spiro atoms. The molecule has 1 aliphatic heterocycles. The van der Waals surface area contributed by atoms with Gasteiger partial charge in [-0.25, -0.2) is 0 Å². The van der Waals surface area contributed by atoms with Crippen LogP contribution in [-0.2, 0) is 19.1 Å². The van der Waals surface area contributed by atoms with Gasteiger partial charge in [0.05, 0.1) is 12.2 Å². The van der Waals surface area contributed by atoms with E-state index in [0.717, 1.165) is 12.6 Å². The molecule has 1 heterocycles. The first-order chi connectivity index (χ1) is 6.09. The fourth-order valence-corrected chi connectivity index (χ4v) is 1.50. The van der Waals surface area contributed by atoms with Gasteiger partial charge in [0.1, 0.15) is 12.6 Å². The van der Waals surface area contributed by atoms with E-state index in [9.17, 15) is 9.59 Å². The van der Waals surface area contributed by atoms with Crippen molar-refractivity contribution in [2.24, 2.45) is 0 Å². The molecule has 0 N–H and O–H groups in total. The topological polar surface area (TPSA) is 52.6 Å². The molecule has 0 aromatic carbocycles. The number of aldehydes is 2. The molecule has 0 amide bonds. The molecule has 4 heteroatoms. The zero-order chi connectivity index (χ0) is 9.90. The van der Waals surface area contributed by atoms with Gasteiger partial charge in [0.25, 0.3) is 0 Å². The molecule has 0 aromatic heterocycles. The summed E-state index contributed by atoms with van der Waals surface area (Å²) in [5.41, 5.74) is 0. The second-order valence-electron chi connectivity index (χ2n) is 3.52. The Morgan fingerprint density at radius 3 is 1.77 bits per heavy atom. The monoisotopic (exact) mass is 186 g/mol. The Labute approximate surface area is 77.2 Å². The molecule has 0 saturated carbocycles. The van der Waals surface area contributed by atoms with Gasteiger partial charge in [-0.1, -0.05) is 0 Å². The van der Waals surface area contributed by atoms with E-state index in [2.05, 4.69) is 0 Å². The summed E-state index contributed by atoms with van der Waals surface area (Å²) in [6.07, 6.45) is 1.57. The standard InChI is InChI=1S/C9H14O4/c1-9(2)12-7(3-5-10)8(13-9)4-6-11/h5-8H,3-4H2,1-2H3. The summed E-state index contributed by atoms with van der Waals surface area (Å²) >= 11 is 0. The van der Waals surface area contributed by atoms with Crippen LogP contribution < -0.4 is 0 Å². The summed E-state index contributed by atoms with van der Waals surface area (Å²) in [5, 5.41) is 0. The number of hydrogen-bond acceptors (Lipinski definition) is 4. The predicted molar refractivity (Wildman–Crippen MR) is 45.2 cm³/mol. The Kier molecular flexibility index (Phi) is 3.17. The van der Waals surface area contributed by atoms with Crippen molar-refractivity contribution in [2.45, 2.75) is 44.7 Å². The maximum atomic E-state index is 10.3. The van der Waals surface area contributed by atoms with Crippen molar-refractivity contribution in [1.29, 1.82) is 0 Å². The highest BCUT2D eigenvalue weighted by Gasteiger charge is 2.40. The molecule has 2 unspecified atom stereocenters. The van der Waals surface area contributed by atoms with Crippen molar-refractivity contribution in [3.05, 3.63) is 0 Å². The molecule has 0 aliphatic carbocycles. The lowest BCUT2D eigenvalue weighted by Gasteiger charge is -2.16. The minimum atomic E-state index is -0.679. The molecule has 13 heavy (non-hydrogen) atoms. The quantitative estimate of drug-likeness (QED) is 0.606. The Morgan fingerprint density at radius 2 is 1.46 bits per heavy atom. The zero-order valence-electron chi connectivity index (χ0n) is 7.86. The van der Waals surface area contributed by atoms with Crippen molar-refractivity contribution < 1.29 is 19.1 Å². The molecule has 0 radical (unpaired) electrons. The highest BCUT2D eigenvalue weighted by Crippen LogP contribution is 2.30. The van der Waals surface area contributed by atoms with Crippen LogP contribution in [0.4, 0.5) is 0 Å². The van der Waals surface area contributed by atoms with Gasteiger partial charge in [0, 0.05) is 12.8 Å². The molecule has 1 aliphatic rings. The lowest BCUT2D eigenvalue weighted by molar-refractivity contribution is -0.147. The lowest BCUT2D eigenvalue weighted by atomic mass is 10.1. The molecule has 1 fully saturated rings. The summed E-state index contributed by atoms with van der Waals surface area (Å²) in [5.74, 6) is -0.679. The fourth-order valence-electron chi connectivity index (χ4n) is 1.50.